The van der Waals surface area contributed by atoms with Crippen LogP contribution >= 0.6 is 15.9 Å². The maximum absolute atomic E-state index is 4.26. The number of hydrogen-bond donors (Lipinski definition) is 1. The van der Waals surface area contributed by atoms with Crippen molar-refractivity contribution in [2.24, 2.45) is 5.92 Å². The van der Waals surface area contributed by atoms with Crippen LogP contribution in [0.4, 0.5) is 0 Å². The maximum Gasteiger partial charge on any atom is 0.106 e. The molecule has 98 valence electrons. The van der Waals surface area contributed by atoms with Crippen LogP contribution in [0.25, 0.3) is 0 Å². The van der Waals surface area contributed by atoms with Crippen LogP contribution in [0.5, 0.6) is 0 Å². The summed E-state index contributed by atoms with van der Waals surface area (Å²) in [6.45, 7) is 4.58. The highest BCUT2D eigenvalue weighted by Crippen LogP contribution is 2.41. The molecular weight excluding hydrogens is 290 g/mol. The van der Waals surface area contributed by atoms with E-state index in [1.54, 1.807) is 0 Å². The summed E-state index contributed by atoms with van der Waals surface area (Å²) in [5, 5.41) is 3.44. The summed E-state index contributed by atoms with van der Waals surface area (Å²) in [7, 11) is 0. The largest absolute Gasteiger partial charge is 0.314 e. The Hall–Kier alpha value is -0.450. The molecule has 2 aliphatic rings. The molecule has 3 nitrogen and oxygen atoms in total. The van der Waals surface area contributed by atoms with Gasteiger partial charge in [0.15, 0.2) is 0 Å². The van der Waals surface area contributed by atoms with Gasteiger partial charge in [0, 0.05) is 38.4 Å². The summed E-state index contributed by atoms with van der Waals surface area (Å²) in [5.74, 6) is 0.845. The fourth-order valence-electron chi connectivity index (χ4n) is 3.10. The molecule has 0 aromatic carbocycles. The molecular formula is C14H20BrN3. The van der Waals surface area contributed by atoms with Gasteiger partial charge in [-0.1, -0.05) is 6.42 Å². The first kappa shape index (κ1) is 12.6. The quantitative estimate of drug-likeness (QED) is 0.870. The molecule has 1 aliphatic carbocycles. The Balaban J connectivity index is 1.84. The zero-order valence-corrected chi connectivity index (χ0v) is 12.2. The summed E-state index contributed by atoms with van der Waals surface area (Å²) in [4.78, 5) is 6.91. The molecule has 1 N–H and O–H groups in total. The third kappa shape index (κ3) is 2.60. The van der Waals surface area contributed by atoms with E-state index in [2.05, 4.69) is 43.3 Å². The molecule has 1 atom stereocenters. The van der Waals surface area contributed by atoms with Crippen LogP contribution < -0.4 is 5.32 Å². The van der Waals surface area contributed by atoms with Crippen molar-refractivity contribution in [3.05, 3.63) is 28.5 Å². The molecule has 1 aromatic rings. The Bertz CT molecular complexity index is 400. The molecule has 18 heavy (non-hydrogen) atoms. The van der Waals surface area contributed by atoms with Crippen molar-refractivity contribution < 1.29 is 0 Å². The second kappa shape index (κ2) is 5.68. The third-order valence-corrected chi connectivity index (χ3v) is 4.67. The molecule has 3 rings (SSSR count). The maximum atomic E-state index is 4.26. The van der Waals surface area contributed by atoms with Crippen LogP contribution in [-0.4, -0.2) is 36.1 Å². The standard InChI is InChI=1S/C14H20BrN3/c15-13-10-12(4-5-17-13)14(11-2-1-3-11)18-8-6-16-7-9-18/h4-5,10-11,14,16H,1-3,6-9H2/t14-/m0/s1. The topological polar surface area (TPSA) is 28.2 Å². The van der Waals surface area contributed by atoms with Crippen LogP contribution in [-0.2, 0) is 0 Å². The van der Waals surface area contributed by atoms with E-state index >= 15 is 0 Å². The van der Waals surface area contributed by atoms with E-state index in [-0.39, 0.29) is 0 Å². The van der Waals surface area contributed by atoms with E-state index in [1.165, 1.54) is 37.9 Å². The molecule has 1 saturated heterocycles. The van der Waals surface area contributed by atoms with Gasteiger partial charge in [-0.05, 0) is 52.4 Å². The smallest absolute Gasteiger partial charge is 0.106 e. The molecule has 0 unspecified atom stereocenters. The number of halogens is 1. The van der Waals surface area contributed by atoms with E-state index in [1.807, 2.05) is 6.20 Å². The molecule has 1 aliphatic heterocycles. The van der Waals surface area contributed by atoms with Crippen LogP contribution in [0, 0.1) is 5.92 Å². The van der Waals surface area contributed by atoms with E-state index in [0.29, 0.717) is 6.04 Å². The zero-order valence-electron chi connectivity index (χ0n) is 10.6. The number of nitrogens with one attached hydrogen (secondary N) is 1. The Morgan fingerprint density at radius 3 is 2.72 bits per heavy atom. The van der Waals surface area contributed by atoms with Crippen LogP contribution in [0.15, 0.2) is 22.9 Å². The van der Waals surface area contributed by atoms with Gasteiger partial charge < -0.3 is 5.32 Å². The molecule has 0 bridgehead atoms. The monoisotopic (exact) mass is 309 g/mol. The summed E-state index contributed by atoms with van der Waals surface area (Å²) in [6.07, 6.45) is 6.09. The summed E-state index contributed by atoms with van der Waals surface area (Å²) < 4.78 is 0.958. The number of aromatic nitrogens is 1. The number of piperazine rings is 1. The van der Waals surface area contributed by atoms with E-state index in [9.17, 15) is 0 Å². The molecule has 1 aromatic heterocycles. The van der Waals surface area contributed by atoms with Gasteiger partial charge in [-0.2, -0.15) is 0 Å². The minimum atomic E-state index is 0.597. The Morgan fingerprint density at radius 2 is 2.11 bits per heavy atom. The van der Waals surface area contributed by atoms with Crippen LogP contribution in [0.2, 0.25) is 0 Å². The van der Waals surface area contributed by atoms with Crippen LogP contribution in [0.3, 0.4) is 0 Å². The highest BCUT2D eigenvalue weighted by Gasteiger charge is 2.33. The van der Waals surface area contributed by atoms with Gasteiger partial charge in [0.05, 0.1) is 0 Å². The van der Waals surface area contributed by atoms with Gasteiger partial charge in [-0.15, -0.1) is 0 Å². The first-order valence-electron chi connectivity index (χ1n) is 6.91. The lowest BCUT2D eigenvalue weighted by molar-refractivity contribution is 0.0836. The number of pyridine rings is 1. The molecule has 1 saturated carbocycles. The molecule has 0 spiro atoms. The van der Waals surface area contributed by atoms with Crippen molar-refractivity contribution in [1.29, 1.82) is 0 Å². The summed E-state index contributed by atoms with van der Waals surface area (Å²) >= 11 is 3.50. The van der Waals surface area contributed by atoms with Gasteiger partial charge in [-0.3, -0.25) is 4.90 Å². The number of hydrogen-bond acceptors (Lipinski definition) is 3. The van der Waals surface area contributed by atoms with E-state index in [0.717, 1.165) is 23.6 Å². The summed E-state index contributed by atoms with van der Waals surface area (Å²) in [5.41, 5.74) is 1.43. The Labute approximate surface area is 117 Å². The van der Waals surface area contributed by atoms with Crippen molar-refractivity contribution in [1.82, 2.24) is 15.2 Å². The lowest BCUT2D eigenvalue weighted by atomic mass is 9.76. The molecule has 4 heteroatoms. The minimum absolute atomic E-state index is 0.597. The predicted molar refractivity (Wildman–Crippen MR) is 76.5 cm³/mol. The predicted octanol–water partition coefficient (Wildman–Crippen LogP) is 2.59. The van der Waals surface area contributed by atoms with Crippen molar-refractivity contribution >= 4 is 15.9 Å². The lowest BCUT2D eigenvalue weighted by Crippen LogP contribution is -2.47. The van der Waals surface area contributed by atoms with Crippen molar-refractivity contribution in [3.8, 4) is 0 Å². The lowest BCUT2D eigenvalue weighted by Gasteiger charge is -2.43. The highest BCUT2D eigenvalue weighted by molar-refractivity contribution is 9.10. The summed E-state index contributed by atoms with van der Waals surface area (Å²) in [6, 6.07) is 4.99. The third-order valence-electron chi connectivity index (χ3n) is 4.23. The molecule has 0 radical (unpaired) electrons. The molecule has 0 amide bonds. The van der Waals surface area contributed by atoms with Crippen molar-refractivity contribution in [2.75, 3.05) is 26.2 Å². The highest BCUT2D eigenvalue weighted by atomic mass is 79.9. The van der Waals surface area contributed by atoms with Gasteiger partial charge in [0.1, 0.15) is 4.60 Å². The Morgan fingerprint density at radius 1 is 1.33 bits per heavy atom. The van der Waals surface area contributed by atoms with Gasteiger partial charge in [0.25, 0.3) is 0 Å². The zero-order chi connectivity index (χ0) is 12.4. The minimum Gasteiger partial charge on any atom is -0.314 e. The van der Waals surface area contributed by atoms with Crippen molar-refractivity contribution in [3.63, 3.8) is 0 Å². The fraction of sp³-hybridized carbons (Fsp3) is 0.643. The van der Waals surface area contributed by atoms with Gasteiger partial charge in [-0.25, -0.2) is 4.98 Å². The van der Waals surface area contributed by atoms with E-state index in [4.69, 9.17) is 0 Å². The van der Waals surface area contributed by atoms with Gasteiger partial charge >= 0.3 is 0 Å². The SMILES string of the molecule is Brc1cc([C@H](C2CCC2)N2CCNCC2)ccn1. The number of nitrogens with zero attached hydrogens (tertiary/aromatic N) is 2. The second-order valence-electron chi connectivity index (χ2n) is 5.33. The first-order valence-corrected chi connectivity index (χ1v) is 7.70. The number of rotatable bonds is 3. The van der Waals surface area contributed by atoms with Crippen molar-refractivity contribution in [2.45, 2.75) is 25.3 Å². The van der Waals surface area contributed by atoms with E-state index < -0.39 is 0 Å². The molecule has 2 heterocycles. The van der Waals surface area contributed by atoms with Gasteiger partial charge in [0.2, 0.25) is 0 Å². The Kier molecular flexibility index (Phi) is 3.97. The first-order chi connectivity index (χ1) is 8.84. The molecule has 2 fully saturated rings. The average molecular weight is 310 g/mol. The second-order valence-corrected chi connectivity index (χ2v) is 6.15. The van der Waals surface area contributed by atoms with Crippen LogP contribution in [0.1, 0.15) is 30.9 Å². The normalized spacial score (nSPS) is 23.6. The average Bonchev–Trinajstić information content (AvgIpc) is 2.34. The fourth-order valence-corrected chi connectivity index (χ4v) is 3.48.